The standard InChI is InChI=1S/C19H19FN2O/c1-22(2)11-12-23-19-17(14-7-9-16(20)10-8-14)13-15-5-3-4-6-18(15)21-19/h3-10,13H,11-12H2,1-2H3. The predicted octanol–water partition coefficient (Wildman–Crippen LogP) is 3.98. The first-order chi connectivity index (χ1) is 11.1. The van der Waals surface area contributed by atoms with Gasteiger partial charge in [-0.05, 0) is 43.9 Å². The van der Waals surface area contributed by atoms with Gasteiger partial charge in [0.05, 0.1) is 5.52 Å². The summed E-state index contributed by atoms with van der Waals surface area (Å²) in [6.07, 6.45) is 0. The Morgan fingerprint density at radius 1 is 1.04 bits per heavy atom. The maximum atomic E-state index is 13.2. The molecule has 4 heteroatoms. The van der Waals surface area contributed by atoms with E-state index in [4.69, 9.17) is 4.74 Å². The van der Waals surface area contributed by atoms with Crippen molar-refractivity contribution in [1.29, 1.82) is 0 Å². The summed E-state index contributed by atoms with van der Waals surface area (Å²) in [6, 6.07) is 16.4. The fraction of sp³-hybridized carbons (Fsp3) is 0.211. The molecule has 0 unspecified atom stereocenters. The zero-order valence-corrected chi connectivity index (χ0v) is 13.3. The Morgan fingerprint density at radius 3 is 2.52 bits per heavy atom. The van der Waals surface area contributed by atoms with Crippen molar-refractivity contribution in [2.24, 2.45) is 0 Å². The van der Waals surface area contributed by atoms with Crippen molar-refractivity contribution in [1.82, 2.24) is 9.88 Å². The van der Waals surface area contributed by atoms with E-state index in [1.165, 1.54) is 12.1 Å². The van der Waals surface area contributed by atoms with E-state index in [0.29, 0.717) is 12.5 Å². The van der Waals surface area contributed by atoms with Crippen LogP contribution in [0.2, 0.25) is 0 Å². The average Bonchev–Trinajstić information content (AvgIpc) is 2.55. The molecule has 0 spiro atoms. The Morgan fingerprint density at radius 2 is 1.78 bits per heavy atom. The molecular formula is C19H19FN2O. The zero-order valence-electron chi connectivity index (χ0n) is 13.3. The molecule has 1 heterocycles. The van der Waals surface area contributed by atoms with Gasteiger partial charge in [0.2, 0.25) is 5.88 Å². The lowest BCUT2D eigenvalue weighted by molar-refractivity contribution is 0.255. The predicted molar refractivity (Wildman–Crippen MR) is 91.2 cm³/mol. The monoisotopic (exact) mass is 310 g/mol. The Kier molecular flexibility index (Phi) is 4.53. The highest BCUT2D eigenvalue weighted by atomic mass is 19.1. The highest BCUT2D eigenvalue weighted by Gasteiger charge is 2.11. The van der Waals surface area contributed by atoms with E-state index in [1.807, 2.05) is 44.4 Å². The number of halogens is 1. The van der Waals surface area contributed by atoms with Crippen molar-refractivity contribution in [3.8, 4) is 17.0 Å². The van der Waals surface area contributed by atoms with Gasteiger partial charge in [0.25, 0.3) is 0 Å². The van der Waals surface area contributed by atoms with Gasteiger partial charge < -0.3 is 9.64 Å². The van der Waals surface area contributed by atoms with Crippen LogP contribution in [-0.4, -0.2) is 37.1 Å². The number of nitrogens with zero attached hydrogens (tertiary/aromatic N) is 2. The molecule has 118 valence electrons. The highest BCUT2D eigenvalue weighted by molar-refractivity contribution is 5.86. The number of benzene rings is 2. The van der Waals surface area contributed by atoms with E-state index in [1.54, 1.807) is 12.1 Å². The van der Waals surface area contributed by atoms with Crippen LogP contribution in [0.25, 0.3) is 22.0 Å². The van der Waals surface area contributed by atoms with E-state index >= 15 is 0 Å². The average molecular weight is 310 g/mol. The minimum atomic E-state index is -0.252. The molecule has 0 fully saturated rings. The first-order valence-electron chi connectivity index (χ1n) is 7.57. The van der Waals surface area contributed by atoms with Crippen molar-refractivity contribution >= 4 is 10.9 Å². The molecule has 0 radical (unpaired) electrons. The second-order valence-electron chi connectivity index (χ2n) is 5.69. The second-order valence-corrected chi connectivity index (χ2v) is 5.69. The van der Waals surface area contributed by atoms with E-state index in [9.17, 15) is 4.39 Å². The SMILES string of the molecule is CN(C)CCOc1nc2ccccc2cc1-c1ccc(F)cc1. The van der Waals surface area contributed by atoms with Crippen molar-refractivity contribution in [2.75, 3.05) is 27.2 Å². The zero-order chi connectivity index (χ0) is 16.2. The van der Waals surface area contributed by atoms with Gasteiger partial charge in [0.1, 0.15) is 12.4 Å². The molecular weight excluding hydrogens is 291 g/mol. The lowest BCUT2D eigenvalue weighted by atomic mass is 10.0. The number of aromatic nitrogens is 1. The molecule has 3 nitrogen and oxygen atoms in total. The van der Waals surface area contributed by atoms with Crippen molar-refractivity contribution in [2.45, 2.75) is 0 Å². The van der Waals surface area contributed by atoms with Crippen LogP contribution in [0.3, 0.4) is 0 Å². The summed E-state index contributed by atoms with van der Waals surface area (Å²) in [7, 11) is 4.00. The lowest BCUT2D eigenvalue weighted by Gasteiger charge is -2.14. The van der Waals surface area contributed by atoms with Crippen molar-refractivity contribution in [3.05, 3.63) is 60.4 Å². The van der Waals surface area contributed by atoms with Gasteiger partial charge in [0.15, 0.2) is 0 Å². The molecule has 0 amide bonds. The van der Waals surface area contributed by atoms with Crippen LogP contribution in [0.15, 0.2) is 54.6 Å². The number of para-hydroxylation sites is 1. The summed E-state index contributed by atoms with van der Waals surface area (Å²) in [6.45, 7) is 1.35. The van der Waals surface area contributed by atoms with E-state index in [-0.39, 0.29) is 5.82 Å². The van der Waals surface area contributed by atoms with Gasteiger partial charge in [-0.15, -0.1) is 0 Å². The molecule has 0 saturated carbocycles. The number of hydrogen-bond acceptors (Lipinski definition) is 3. The number of fused-ring (bicyclic) bond motifs is 1. The molecule has 0 aliphatic carbocycles. The third kappa shape index (κ3) is 3.66. The Hall–Kier alpha value is -2.46. The first-order valence-corrected chi connectivity index (χ1v) is 7.57. The quantitative estimate of drug-likeness (QED) is 0.713. The van der Waals surface area contributed by atoms with Crippen LogP contribution in [0, 0.1) is 5.82 Å². The van der Waals surface area contributed by atoms with E-state index < -0.39 is 0 Å². The topological polar surface area (TPSA) is 25.4 Å². The molecule has 0 atom stereocenters. The summed E-state index contributed by atoms with van der Waals surface area (Å²) in [4.78, 5) is 6.69. The fourth-order valence-electron chi connectivity index (χ4n) is 2.37. The van der Waals surface area contributed by atoms with Crippen LogP contribution < -0.4 is 4.74 Å². The minimum Gasteiger partial charge on any atom is -0.476 e. The number of pyridine rings is 1. The Balaban J connectivity index is 2.03. The van der Waals surface area contributed by atoms with Gasteiger partial charge in [-0.1, -0.05) is 30.3 Å². The van der Waals surface area contributed by atoms with Crippen molar-refractivity contribution < 1.29 is 9.13 Å². The molecule has 0 N–H and O–H groups in total. The summed E-state index contributed by atoms with van der Waals surface area (Å²) in [5, 5.41) is 1.03. The first kappa shape index (κ1) is 15.4. The normalized spacial score (nSPS) is 11.1. The van der Waals surface area contributed by atoms with Crippen LogP contribution >= 0.6 is 0 Å². The highest BCUT2D eigenvalue weighted by Crippen LogP contribution is 2.31. The van der Waals surface area contributed by atoms with Gasteiger partial charge in [-0.25, -0.2) is 9.37 Å². The number of rotatable bonds is 5. The third-order valence-electron chi connectivity index (χ3n) is 3.62. The minimum absolute atomic E-state index is 0.252. The summed E-state index contributed by atoms with van der Waals surface area (Å²) >= 11 is 0. The second kappa shape index (κ2) is 6.75. The molecule has 3 rings (SSSR count). The summed E-state index contributed by atoms with van der Waals surface area (Å²) < 4.78 is 19.1. The molecule has 23 heavy (non-hydrogen) atoms. The maximum Gasteiger partial charge on any atom is 0.221 e. The fourth-order valence-corrected chi connectivity index (χ4v) is 2.37. The largest absolute Gasteiger partial charge is 0.476 e. The molecule has 0 aliphatic heterocycles. The van der Waals surface area contributed by atoms with Crippen LogP contribution in [0.5, 0.6) is 5.88 Å². The van der Waals surface area contributed by atoms with E-state index in [2.05, 4.69) is 9.88 Å². The number of ether oxygens (including phenoxy) is 1. The maximum absolute atomic E-state index is 13.2. The van der Waals surface area contributed by atoms with Gasteiger partial charge in [0, 0.05) is 17.5 Å². The van der Waals surface area contributed by atoms with Crippen LogP contribution in [0.4, 0.5) is 4.39 Å². The van der Waals surface area contributed by atoms with Crippen LogP contribution in [-0.2, 0) is 0 Å². The Bertz CT molecular complexity index is 800. The summed E-state index contributed by atoms with van der Waals surface area (Å²) in [5.74, 6) is 0.328. The lowest BCUT2D eigenvalue weighted by Crippen LogP contribution is -2.19. The Labute approximate surface area is 135 Å². The van der Waals surface area contributed by atoms with Gasteiger partial charge in [-0.3, -0.25) is 0 Å². The smallest absolute Gasteiger partial charge is 0.221 e. The number of likely N-dealkylation sites (N-methyl/N-ethyl adjacent to an activating group) is 1. The molecule has 2 aromatic carbocycles. The molecule has 0 bridgehead atoms. The number of hydrogen-bond donors (Lipinski definition) is 0. The molecule has 1 aromatic heterocycles. The summed E-state index contributed by atoms with van der Waals surface area (Å²) in [5.41, 5.74) is 2.66. The third-order valence-corrected chi connectivity index (χ3v) is 3.62. The van der Waals surface area contributed by atoms with Gasteiger partial charge in [-0.2, -0.15) is 0 Å². The van der Waals surface area contributed by atoms with Crippen molar-refractivity contribution in [3.63, 3.8) is 0 Å². The molecule has 0 saturated heterocycles. The van der Waals surface area contributed by atoms with Crippen LogP contribution in [0.1, 0.15) is 0 Å². The molecule has 3 aromatic rings. The van der Waals surface area contributed by atoms with Gasteiger partial charge >= 0.3 is 0 Å². The molecule has 0 aliphatic rings. The van der Waals surface area contributed by atoms with E-state index in [0.717, 1.165) is 28.6 Å².